The predicted molar refractivity (Wildman–Crippen MR) is 110 cm³/mol. The maximum Gasteiger partial charge on any atom is 0.125 e. The molecule has 5 rings (SSSR count). The molecular formula is C23H22F2N4. The van der Waals surface area contributed by atoms with Gasteiger partial charge in [-0.2, -0.15) is 0 Å². The molecule has 0 spiro atoms. The van der Waals surface area contributed by atoms with Crippen molar-refractivity contribution in [2.24, 2.45) is 0 Å². The smallest absolute Gasteiger partial charge is 0.125 e. The van der Waals surface area contributed by atoms with Crippen LogP contribution in [0.4, 0.5) is 8.78 Å². The van der Waals surface area contributed by atoms with Crippen LogP contribution in [-0.4, -0.2) is 32.9 Å². The standard InChI is InChI=1S/C23H22F2N4/c1-14(23-27-21-5-3-17(25)13-22(21)28-23)29-10-7-15(8-11-29)18-6-9-26-20-4-2-16(24)12-19(18)20/h2-6,9,12-15H,7-8,10-11H2,1H3,(H,27,28)/t14-/m1/s1. The Morgan fingerprint density at radius 2 is 1.72 bits per heavy atom. The highest BCUT2D eigenvalue weighted by molar-refractivity contribution is 5.82. The molecule has 2 aromatic heterocycles. The van der Waals surface area contributed by atoms with E-state index in [-0.39, 0.29) is 17.7 Å². The third-order valence-corrected chi connectivity index (χ3v) is 6.11. The van der Waals surface area contributed by atoms with Crippen LogP contribution in [0, 0.1) is 11.6 Å². The lowest BCUT2D eigenvalue weighted by Gasteiger charge is -2.35. The molecule has 1 N–H and O–H groups in total. The summed E-state index contributed by atoms with van der Waals surface area (Å²) in [4.78, 5) is 14.7. The molecule has 0 radical (unpaired) electrons. The normalized spacial score (nSPS) is 17.2. The first-order valence-corrected chi connectivity index (χ1v) is 10.0. The monoisotopic (exact) mass is 392 g/mol. The van der Waals surface area contributed by atoms with Gasteiger partial charge in [-0.15, -0.1) is 0 Å². The Morgan fingerprint density at radius 1 is 1.00 bits per heavy atom. The molecule has 1 atom stereocenters. The minimum Gasteiger partial charge on any atom is -0.341 e. The lowest BCUT2D eigenvalue weighted by atomic mass is 9.87. The van der Waals surface area contributed by atoms with Gasteiger partial charge in [-0.25, -0.2) is 13.8 Å². The Kier molecular flexibility index (Phi) is 4.51. The number of aromatic nitrogens is 3. The molecule has 148 valence electrons. The third kappa shape index (κ3) is 3.38. The number of likely N-dealkylation sites (tertiary alicyclic amines) is 1. The van der Waals surface area contributed by atoms with Gasteiger partial charge in [0.2, 0.25) is 0 Å². The van der Waals surface area contributed by atoms with E-state index in [9.17, 15) is 8.78 Å². The van der Waals surface area contributed by atoms with Crippen molar-refractivity contribution in [2.75, 3.05) is 13.1 Å². The van der Waals surface area contributed by atoms with Gasteiger partial charge in [0.25, 0.3) is 0 Å². The second-order valence-electron chi connectivity index (χ2n) is 7.83. The van der Waals surface area contributed by atoms with Gasteiger partial charge in [-0.3, -0.25) is 9.88 Å². The maximum absolute atomic E-state index is 13.8. The number of nitrogens with one attached hydrogen (secondary N) is 1. The van der Waals surface area contributed by atoms with Crippen LogP contribution in [0.25, 0.3) is 21.9 Å². The number of H-pyrrole nitrogens is 1. The summed E-state index contributed by atoms with van der Waals surface area (Å²) < 4.78 is 27.2. The molecule has 1 saturated heterocycles. The van der Waals surface area contributed by atoms with E-state index < -0.39 is 0 Å². The zero-order valence-electron chi connectivity index (χ0n) is 16.2. The molecule has 0 bridgehead atoms. The number of halogens is 2. The lowest BCUT2D eigenvalue weighted by molar-refractivity contribution is 0.158. The molecule has 1 fully saturated rings. The van der Waals surface area contributed by atoms with E-state index in [1.54, 1.807) is 18.2 Å². The minimum atomic E-state index is -0.262. The number of piperidine rings is 1. The number of aromatic amines is 1. The van der Waals surface area contributed by atoms with Crippen molar-refractivity contribution in [3.63, 3.8) is 0 Å². The number of rotatable bonds is 3. The highest BCUT2D eigenvalue weighted by atomic mass is 19.1. The number of hydrogen-bond donors (Lipinski definition) is 1. The number of nitrogens with zero attached hydrogens (tertiary/aromatic N) is 3. The van der Waals surface area contributed by atoms with Gasteiger partial charge < -0.3 is 4.98 Å². The summed E-state index contributed by atoms with van der Waals surface area (Å²) >= 11 is 0. The van der Waals surface area contributed by atoms with Crippen molar-refractivity contribution in [3.8, 4) is 0 Å². The summed E-state index contributed by atoms with van der Waals surface area (Å²) in [5, 5.41) is 0.915. The van der Waals surface area contributed by atoms with E-state index in [0.717, 1.165) is 53.7 Å². The second kappa shape index (κ2) is 7.19. The van der Waals surface area contributed by atoms with E-state index in [1.165, 1.54) is 23.8 Å². The van der Waals surface area contributed by atoms with Crippen LogP contribution in [0.15, 0.2) is 48.7 Å². The average molecular weight is 392 g/mol. The molecule has 6 heteroatoms. The zero-order valence-corrected chi connectivity index (χ0v) is 16.2. The number of imidazole rings is 1. The Hall–Kier alpha value is -2.86. The largest absolute Gasteiger partial charge is 0.341 e. The predicted octanol–water partition coefficient (Wildman–Crippen LogP) is 5.33. The summed E-state index contributed by atoms with van der Waals surface area (Å²) in [5.41, 5.74) is 3.54. The summed E-state index contributed by atoms with van der Waals surface area (Å²) in [7, 11) is 0. The molecule has 0 saturated carbocycles. The van der Waals surface area contributed by atoms with Crippen LogP contribution in [-0.2, 0) is 0 Å². The Labute approximate surface area is 167 Å². The van der Waals surface area contributed by atoms with Gasteiger partial charge in [0, 0.05) is 11.6 Å². The van der Waals surface area contributed by atoms with E-state index in [4.69, 9.17) is 0 Å². The number of benzene rings is 2. The van der Waals surface area contributed by atoms with Gasteiger partial charge in [-0.05, 0) is 86.8 Å². The highest BCUT2D eigenvalue weighted by Gasteiger charge is 2.27. The fourth-order valence-electron chi connectivity index (χ4n) is 4.47. The van der Waals surface area contributed by atoms with Crippen LogP contribution in [0.2, 0.25) is 0 Å². The average Bonchev–Trinajstić information content (AvgIpc) is 3.16. The minimum absolute atomic E-state index is 0.123. The van der Waals surface area contributed by atoms with Gasteiger partial charge in [0.05, 0.1) is 22.6 Å². The first-order valence-electron chi connectivity index (χ1n) is 10.0. The Bertz CT molecular complexity index is 1180. The molecule has 4 aromatic rings. The lowest BCUT2D eigenvalue weighted by Crippen LogP contribution is -2.35. The fourth-order valence-corrected chi connectivity index (χ4v) is 4.47. The molecule has 3 heterocycles. The van der Waals surface area contributed by atoms with Crippen molar-refractivity contribution in [1.82, 2.24) is 19.9 Å². The zero-order chi connectivity index (χ0) is 20.0. The summed E-state index contributed by atoms with van der Waals surface area (Å²) in [6.07, 6.45) is 3.81. The van der Waals surface area contributed by atoms with E-state index >= 15 is 0 Å². The maximum atomic E-state index is 13.8. The molecule has 2 aromatic carbocycles. The van der Waals surface area contributed by atoms with E-state index in [2.05, 4.69) is 26.8 Å². The van der Waals surface area contributed by atoms with Gasteiger partial charge in [-0.1, -0.05) is 0 Å². The molecule has 1 aliphatic rings. The van der Waals surface area contributed by atoms with Crippen molar-refractivity contribution in [3.05, 3.63) is 71.7 Å². The van der Waals surface area contributed by atoms with Crippen molar-refractivity contribution < 1.29 is 8.78 Å². The first-order chi connectivity index (χ1) is 14.1. The van der Waals surface area contributed by atoms with Crippen LogP contribution in [0.1, 0.15) is 43.1 Å². The van der Waals surface area contributed by atoms with E-state index in [1.807, 2.05) is 12.3 Å². The Balaban J connectivity index is 1.34. The highest BCUT2D eigenvalue weighted by Crippen LogP contribution is 2.35. The number of fused-ring (bicyclic) bond motifs is 2. The van der Waals surface area contributed by atoms with Gasteiger partial charge in [0.15, 0.2) is 0 Å². The van der Waals surface area contributed by atoms with E-state index in [0.29, 0.717) is 5.92 Å². The topological polar surface area (TPSA) is 44.8 Å². The first kappa shape index (κ1) is 18.2. The van der Waals surface area contributed by atoms with Crippen molar-refractivity contribution in [1.29, 1.82) is 0 Å². The van der Waals surface area contributed by atoms with Crippen LogP contribution >= 0.6 is 0 Å². The fraction of sp³-hybridized carbons (Fsp3) is 0.304. The second-order valence-corrected chi connectivity index (χ2v) is 7.83. The van der Waals surface area contributed by atoms with Crippen LogP contribution in [0.5, 0.6) is 0 Å². The molecule has 0 unspecified atom stereocenters. The van der Waals surface area contributed by atoms with Crippen molar-refractivity contribution in [2.45, 2.75) is 31.7 Å². The number of pyridine rings is 1. The summed E-state index contributed by atoms with van der Waals surface area (Å²) in [6.45, 7) is 3.98. The van der Waals surface area contributed by atoms with Crippen molar-refractivity contribution >= 4 is 21.9 Å². The molecule has 0 aliphatic carbocycles. The van der Waals surface area contributed by atoms with Crippen LogP contribution in [0.3, 0.4) is 0 Å². The number of hydrogen-bond acceptors (Lipinski definition) is 3. The molecule has 29 heavy (non-hydrogen) atoms. The van der Waals surface area contributed by atoms with Gasteiger partial charge >= 0.3 is 0 Å². The summed E-state index contributed by atoms with van der Waals surface area (Å²) in [5.74, 6) is 0.761. The molecule has 0 amide bonds. The molecule has 1 aliphatic heterocycles. The molecular weight excluding hydrogens is 370 g/mol. The summed E-state index contributed by atoms with van der Waals surface area (Å²) in [6, 6.07) is 11.6. The Morgan fingerprint density at radius 3 is 2.52 bits per heavy atom. The quantitative estimate of drug-likeness (QED) is 0.513. The van der Waals surface area contributed by atoms with Gasteiger partial charge in [0.1, 0.15) is 17.5 Å². The third-order valence-electron chi connectivity index (χ3n) is 6.11. The molecule has 4 nitrogen and oxygen atoms in total. The SMILES string of the molecule is C[C@H](c1nc2ccc(F)cc2[nH]1)N1CCC(c2ccnc3ccc(F)cc23)CC1. The van der Waals surface area contributed by atoms with Crippen LogP contribution < -0.4 is 0 Å².